The fourth-order valence-electron chi connectivity index (χ4n) is 3.65. The molecule has 1 aliphatic carbocycles. The second-order valence-electron chi connectivity index (χ2n) is 6.51. The molecule has 1 saturated carbocycles. The Morgan fingerprint density at radius 3 is 2.57 bits per heavy atom. The summed E-state index contributed by atoms with van der Waals surface area (Å²) in [5.74, 6) is 0. The minimum atomic E-state index is 0.910. The summed E-state index contributed by atoms with van der Waals surface area (Å²) in [5.41, 5.74) is 0. The molecule has 2 heterocycles. The number of nitrogens with zero attached hydrogens (tertiary/aromatic N) is 2. The van der Waals surface area contributed by atoms with Crippen LogP contribution in [0.3, 0.4) is 0 Å². The summed E-state index contributed by atoms with van der Waals surface area (Å²) in [6, 6.07) is 5.37. The number of thiophene rings is 1. The van der Waals surface area contributed by atoms with E-state index in [9.17, 15) is 0 Å². The van der Waals surface area contributed by atoms with E-state index in [4.69, 9.17) is 0 Å². The molecule has 2 fully saturated rings. The molecule has 1 N–H and O–H groups in total. The van der Waals surface area contributed by atoms with Crippen molar-refractivity contribution < 1.29 is 0 Å². The Hall–Kier alpha value is -0.420. The molecule has 3 rings (SSSR count). The summed E-state index contributed by atoms with van der Waals surface area (Å²) in [6.07, 6.45) is 5.80. The van der Waals surface area contributed by atoms with Crippen LogP contribution >= 0.6 is 11.3 Å². The van der Waals surface area contributed by atoms with Gasteiger partial charge >= 0.3 is 0 Å². The molecule has 21 heavy (non-hydrogen) atoms. The Labute approximate surface area is 133 Å². The van der Waals surface area contributed by atoms with Gasteiger partial charge in [-0.3, -0.25) is 9.80 Å². The third-order valence-electron chi connectivity index (χ3n) is 4.95. The Balaban J connectivity index is 1.28. The van der Waals surface area contributed by atoms with Crippen LogP contribution in [-0.2, 0) is 6.54 Å². The van der Waals surface area contributed by atoms with Crippen molar-refractivity contribution in [2.75, 3.05) is 39.3 Å². The highest BCUT2D eigenvalue weighted by atomic mass is 32.1. The SMILES string of the molecule is Cc1ccc(CNCCN2CCN(C3CCCC3)CC2)s1. The van der Waals surface area contributed by atoms with E-state index in [-0.39, 0.29) is 0 Å². The smallest absolute Gasteiger partial charge is 0.0300 e. The van der Waals surface area contributed by atoms with E-state index >= 15 is 0 Å². The normalized spacial score (nSPS) is 22.1. The van der Waals surface area contributed by atoms with Crippen LogP contribution in [0.2, 0.25) is 0 Å². The number of nitrogens with one attached hydrogen (secondary N) is 1. The summed E-state index contributed by atoms with van der Waals surface area (Å²) >= 11 is 1.91. The van der Waals surface area contributed by atoms with E-state index < -0.39 is 0 Å². The second kappa shape index (κ2) is 7.73. The lowest BCUT2D eigenvalue weighted by Crippen LogP contribution is -2.50. The molecule has 118 valence electrons. The average molecular weight is 308 g/mol. The van der Waals surface area contributed by atoms with Gasteiger partial charge in [-0.15, -0.1) is 11.3 Å². The maximum absolute atomic E-state index is 3.58. The molecule has 1 aromatic heterocycles. The number of aryl methyl sites for hydroxylation is 1. The average Bonchev–Trinajstić information content (AvgIpc) is 3.16. The quantitative estimate of drug-likeness (QED) is 0.815. The van der Waals surface area contributed by atoms with E-state index in [1.54, 1.807) is 0 Å². The maximum atomic E-state index is 3.58. The molecule has 0 unspecified atom stereocenters. The summed E-state index contributed by atoms with van der Waals surface area (Å²) in [4.78, 5) is 8.23. The van der Waals surface area contributed by atoms with Crippen LogP contribution < -0.4 is 5.32 Å². The molecule has 1 aliphatic heterocycles. The van der Waals surface area contributed by atoms with Crippen molar-refractivity contribution in [2.45, 2.75) is 45.2 Å². The van der Waals surface area contributed by atoms with Crippen molar-refractivity contribution in [3.8, 4) is 0 Å². The summed E-state index contributed by atoms with van der Waals surface area (Å²) in [6.45, 7) is 10.6. The van der Waals surface area contributed by atoms with Crippen molar-refractivity contribution in [3.05, 3.63) is 21.9 Å². The molecule has 3 nitrogen and oxygen atoms in total. The molecule has 0 atom stereocenters. The minimum absolute atomic E-state index is 0.910. The minimum Gasteiger partial charge on any atom is -0.311 e. The zero-order chi connectivity index (χ0) is 14.5. The fraction of sp³-hybridized carbons (Fsp3) is 0.765. The van der Waals surface area contributed by atoms with Crippen LogP contribution in [0.15, 0.2) is 12.1 Å². The van der Waals surface area contributed by atoms with Gasteiger partial charge in [0, 0.05) is 61.6 Å². The van der Waals surface area contributed by atoms with Crippen LogP contribution in [0.4, 0.5) is 0 Å². The van der Waals surface area contributed by atoms with Crippen molar-refractivity contribution in [2.24, 2.45) is 0 Å². The van der Waals surface area contributed by atoms with Crippen LogP contribution in [0.1, 0.15) is 35.4 Å². The monoisotopic (exact) mass is 307 g/mol. The predicted molar refractivity (Wildman–Crippen MR) is 91.0 cm³/mol. The Morgan fingerprint density at radius 1 is 1.14 bits per heavy atom. The molecule has 0 spiro atoms. The summed E-state index contributed by atoms with van der Waals surface area (Å²) in [5, 5.41) is 3.58. The molecule has 1 aromatic rings. The number of hydrogen-bond acceptors (Lipinski definition) is 4. The Morgan fingerprint density at radius 2 is 1.90 bits per heavy atom. The van der Waals surface area contributed by atoms with Crippen LogP contribution in [0.25, 0.3) is 0 Å². The highest BCUT2D eigenvalue weighted by Gasteiger charge is 2.25. The van der Waals surface area contributed by atoms with Gasteiger partial charge in [-0.2, -0.15) is 0 Å². The van der Waals surface area contributed by atoms with Gasteiger partial charge in [0.25, 0.3) is 0 Å². The van der Waals surface area contributed by atoms with Crippen molar-refractivity contribution in [1.82, 2.24) is 15.1 Å². The van der Waals surface area contributed by atoms with Gasteiger partial charge in [-0.05, 0) is 31.9 Å². The highest BCUT2D eigenvalue weighted by molar-refractivity contribution is 7.11. The highest BCUT2D eigenvalue weighted by Crippen LogP contribution is 2.24. The largest absolute Gasteiger partial charge is 0.311 e. The number of rotatable bonds is 6. The predicted octanol–water partition coefficient (Wildman–Crippen LogP) is 2.71. The van der Waals surface area contributed by atoms with E-state index in [1.807, 2.05) is 11.3 Å². The molecule has 0 radical (unpaired) electrons. The first-order valence-corrected chi connectivity index (χ1v) is 9.35. The zero-order valence-corrected chi connectivity index (χ0v) is 14.1. The zero-order valence-electron chi connectivity index (χ0n) is 13.3. The van der Waals surface area contributed by atoms with Crippen molar-refractivity contribution in [1.29, 1.82) is 0 Å². The number of piperazine rings is 1. The van der Waals surface area contributed by atoms with Crippen molar-refractivity contribution in [3.63, 3.8) is 0 Å². The van der Waals surface area contributed by atoms with Crippen LogP contribution in [-0.4, -0.2) is 55.1 Å². The first kappa shape index (κ1) is 15.5. The van der Waals surface area contributed by atoms with Crippen LogP contribution in [0.5, 0.6) is 0 Å². The lowest BCUT2D eigenvalue weighted by atomic mass is 10.2. The van der Waals surface area contributed by atoms with Gasteiger partial charge in [0.05, 0.1) is 0 Å². The fourth-order valence-corrected chi connectivity index (χ4v) is 4.51. The van der Waals surface area contributed by atoms with Gasteiger partial charge in [0.2, 0.25) is 0 Å². The van der Waals surface area contributed by atoms with Gasteiger partial charge < -0.3 is 5.32 Å². The molecule has 0 aromatic carbocycles. The number of hydrogen-bond donors (Lipinski definition) is 1. The topological polar surface area (TPSA) is 18.5 Å². The summed E-state index contributed by atoms with van der Waals surface area (Å²) in [7, 11) is 0. The lowest BCUT2D eigenvalue weighted by Gasteiger charge is -2.38. The Bertz CT molecular complexity index is 417. The molecule has 2 aliphatic rings. The van der Waals surface area contributed by atoms with Gasteiger partial charge in [-0.1, -0.05) is 12.8 Å². The van der Waals surface area contributed by atoms with E-state index in [1.165, 1.54) is 68.2 Å². The maximum Gasteiger partial charge on any atom is 0.0300 e. The van der Waals surface area contributed by atoms with Crippen LogP contribution in [0, 0.1) is 6.92 Å². The van der Waals surface area contributed by atoms with E-state index in [0.717, 1.165) is 19.1 Å². The molecular weight excluding hydrogens is 278 g/mol. The van der Waals surface area contributed by atoms with E-state index in [0.29, 0.717) is 0 Å². The standard InChI is InChI=1S/C17H29N3S/c1-15-6-7-17(21-15)14-18-8-9-19-10-12-20(13-11-19)16-4-2-3-5-16/h6-7,16,18H,2-5,8-14H2,1H3. The summed E-state index contributed by atoms with van der Waals surface area (Å²) < 4.78 is 0. The molecule has 4 heteroatoms. The third-order valence-corrected chi connectivity index (χ3v) is 5.95. The lowest BCUT2D eigenvalue weighted by molar-refractivity contribution is 0.0984. The van der Waals surface area contributed by atoms with Gasteiger partial charge in [0.15, 0.2) is 0 Å². The molecule has 0 amide bonds. The second-order valence-corrected chi connectivity index (χ2v) is 7.88. The van der Waals surface area contributed by atoms with Gasteiger partial charge in [0.1, 0.15) is 0 Å². The molecular formula is C17H29N3S. The third kappa shape index (κ3) is 4.52. The van der Waals surface area contributed by atoms with Gasteiger partial charge in [-0.25, -0.2) is 0 Å². The van der Waals surface area contributed by atoms with Crippen molar-refractivity contribution >= 4 is 11.3 Å². The molecule has 0 bridgehead atoms. The Kier molecular flexibility index (Phi) is 5.69. The molecule has 1 saturated heterocycles. The van der Waals surface area contributed by atoms with E-state index in [2.05, 4.69) is 34.2 Å². The first-order valence-electron chi connectivity index (χ1n) is 8.54. The first-order chi connectivity index (χ1) is 10.3.